The first kappa shape index (κ1) is 15.5. The summed E-state index contributed by atoms with van der Waals surface area (Å²) in [5.41, 5.74) is 3.64. The smallest absolute Gasteiger partial charge is 0.255 e. The molecule has 0 aliphatic carbocycles. The molecule has 0 aromatic heterocycles. The summed E-state index contributed by atoms with van der Waals surface area (Å²) in [5, 5.41) is 8.89. The van der Waals surface area contributed by atoms with Gasteiger partial charge in [-0.2, -0.15) is 0 Å². The van der Waals surface area contributed by atoms with Crippen LogP contribution in [0.2, 0.25) is 0 Å². The van der Waals surface area contributed by atoms with Crippen molar-refractivity contribution in [2.24, 2.45) is 11.8 Å². The van der Waals surface area contributed by atoms with Gasteiger partial charge in [-0.1, -0.05) is 32.0 Å². The van der Waals surface area contributed by atoms with Crippen LogP contribution in [0.3, 0.4) is 0 Å². The average Bonchev–Trinajstić information content (AvgIpc) is 2.50. The summed E-state index contributed by atoms with van der Waals surface area (Å²) < 4.78 is 0. The number of anilines is 1. The SMILES string of the molecule is CC(C)CC(C(=O)NO)C(=O)N1CCCc2ccccc21. The average molecular weight is 290 g/mol. The zero-order valence-corrected chi connectivity index (χ0v) is 12.5. The molecule has 1 aliphatic heterocycles. The van der Waals surface area contributed by atoms with Crippen LogP contribution in [-0.4, -0.2) is 23.6 Å². The molecule has 0 spiro atoms. The molecule has 0 saturated carbocycles. The van der Waals surface area contributed by atoms with E-state index in [1.807, 2.05) is 38.1 Å². The van der Waals surface area contributed by atoms with E-state index in [4.69, 9.17) is 5.21 Å². The number of hydrogen-bond donors (Lipinski definition) is 2. The normalized spacial score (nSPS) is 15.5. The Kier molecular flexibility index (Phi) is 4.96. The van der Waals surface area contributed by atoms with Gasteiger partial charge in [0.25, 0.3) is 5.91 Å². The molecule has 0 fully saturated rings. The van der Waals surface area contributed by atoms with Crippen molar-refractivity contribution in [2.45, 2.75) is 33.1 Å². The molecule has 5 nitrogen and oxygen atoms in total. The Bertz CT molecular complexity index is 528. The number of nitrogens with one attached hydrogen (secondary N) is 1. The number of hydroxylamine groups is 1. The zero-order valence-electron chi connectivity index (χ0n) is 12.5. The highest BCUT2D eigenvalue weighted by atomic mass is 16.5. The van der Waals surface area contributed by atoms with Gasteiger partial charge in [0.2, 0.25) is 5.91 Å². The molecular weight excluding hydrogens is 268 g/mol. The van der Waals surface area contributed by atoms with E-state index in [-0.39, 0.29) is 11.8 Å². The van der Waals surface area contributed by atoms with E-state index in [1.165, 1.54) is 0 Å². The molecule has 114 valence electrons. The number of aryl methyl sites for hydroxylation is 1. The molecule has 2 amide bonds. The van der Waals surface area contributed by atoms with E-state index in [2.05, 4.69) is 0 Å². The van der Waals surface area contributed by atoms with Gasteiger partial charge in [-0.3, -0.25) is 14.8 Å². The molecule has 1 heterocycles. The second kappa shape index (κ2) is 6.72. The summed E-state index contributed by atoms with van der Waals surface area (Å²) in [6, 6.07) is 7.78. The molecule has 1 unspecified atom stereocenters. The van der Waals surface area contributed by atoms with Crippen LogP contribution >= 0.6 is 0 Å². The lowest BCUT2D eigenvalue weighted by atomic mass is 9.93. The molecular formula is C16H22N2O3. The largest absolute Gasteiger partial charge is 0.311 e. The third kappa shape index (κ3) is 3.42. The van der Waals surface area contributed by atoms with Crippen LogP contribution in [0.4, 0.5) is 5.69 Å². The van der Waals surface area contributed by atoms with Gasteiger partial charge in [0, 0.05) is 12.2 Å². The lowest BCUT2D eigenvalue weighted by Gasteiger charge is -2.32. The first-order valence-corrected chi connectivity index (χ1v) is 7.37. The predicted molar refractivity (Wildman–Crippen MR) is 80.0 cm³/mol. The lowest BCUT2D eigenvalue weighted by molar-refractivity contribution is -0.140. The van der Waals surface area contributed by atoms with Crippen LogP contribution < -0.4 is 10.4 Å². The second-order valence-electron chi connectivity index (χ2n) is 5.88. The van der Waals surface area contributed by atoms with Crippen molar-refractivity contribution in [1.29, 1.82) is 0 Å². The topological polar surface area (TPSA) is 69.6 Å². The molecule has 1 atom stereocenters. The highest BCUT2D eigenvalue weighted by Gasteiger charge is 2.33. The Morgan fingerprint density at radius 3 is 2.71 bits per heavy atom. The number of rotatable bonds is 4. The molecule has 0 bridgehead atoms. The molecule has 2 rings (SSSR count). The minimum absolute atomic E-state index is 0.191. The van der Waals surface area contributed by atoms with Crippen molar-refractivity contribution < 1.29 is 14.8 Å². The highest BCUT2D eigenvalue weighted by molar-refractivity contribution is 6.07. The van der Waals surface area contributed by atoms with Crippen LogP contribution in [-0.2, 0) is 16.0 Å². The molecule has 0 radical (unpaired) electrons. The van der Waals surface area contributed by atoms with Gasteiger partial charge in [0.05, 0.1) is 0 Å². The van der Waals surface area contributed by atoms with E-state index in [9.17, 15) is 9.59 Å². The molecule has 1 aromatic carbocycles. The number of amides is 2. The van der Waals surface area contributed by atoms with Gasteiger partial charge in [-0.15, -0.1) is 0 Å². The summed E-state index contributed by atoms with van der Waals surface area (Å²) in [4.78, 5) is 26.3. The first-order chi connectivity index (χ1) is 10.0. The Hall–Kier alpha value is -1.88. The van der Waals surface area contributed by atoms with E-state index in [0.717, 1.165) is 24.1 Å². The molecule has 0 saturated heterocycles. The van der Waals surface area contributed by atoms with E-state index in [0.29, 0.717) is 13.0 Å². The van der Waals surface area contributed by atoms with E-state index in [1.54, 1.807) is 10.4 Å². The summed E-state index contributed by atoms with van der Waals surface area (Å²) in [6.45, 7) is 4.52. The summed E-state index contributed by atoms with van der Waals surface area (Å²) in [7, 11) is 0. The van der Waals surface area contributed by atoms with Crippen molar-refractivity contribution in [1.82, 2.24) is 5.48 Å². The van der Waals surface area contributed by atoms with Gasteiger partial charge < -0.3 is 4.90 Å². The molecule has 5 heteroatoms. The van der Waals surface area contributed by atoms with Crippen LogP contribution in [0.25, 0.3) is 0 Å². The quantitative estimate of drug-likeness (QED) is 0.507. The molecule has 1 aliphatic rings. The number of carbonyl (C=O) groups excluding carboxylic acids is 2. The van der Waals surface area contributed by atoms with E-state index < -0.39 is 11.8 Å². The fraction of sp³-hybridized carbons (Fsp3) is 0.500. The summed E-state index contributed by atoms with van der Waals surface area (Å²) in [5.74, 6) is -1.52. The number of hydrogen-bond acceptors (Lipinski definition) is 3. The van der Waals surface area contributed by atoms with Crippen molar-refractivity contribution in [3.63, 3.8) is 0 Å². The zero-order chi connectivity index (χ0) is 15.4. The number of carbonyl (C=O) groups is 2. The number of benzene rings is 1. The number of fused-ring (bicyclic) bond motifs is 1. The molecule has 1 aromatic rings. The number of para-hydroxylation sites is 1. The van der Waals surface area contributed by atoms with Crippen LogP contribution in [0.5, 0.6) is 0 Å². The van der Waals surface area contributed by atoms with Crippen LogP contribution in [0, 0.1) is 11.8 Å². The minimum atomic E-state index is -0.846. The van der Waals surface area contributed by atoms with E-state index >= 15 is 0 Å². The standard InChI is InChI=1S/C16H22N2O3/c1-11(2)10-13(15(19)17-21)16(20)18-9-5-7-12-6-3-4-8-14(12)18/h3-4,6,8,11,13,21H,5,7,9-10H2,1-2H3,(H,17,19). The highest BCUT2D eigenvalue weighted by Crippen LogP contribution is 2.29. The summed E-state index contributed by atoms with van der Waals surface area (Å²) in [6.07, 6.45) is 2.25. The predicted octanol–water partition coefficient (Wildman–Crippen LogP) is 2.13. The Balaban J connectivity index is 2.27. The van der Waals surface area contributed by atoms with Gasteiger partial charge >= 0.3 is 0 Å². The van der Waals surface area contributed by atoms with Crippen molar-refractivity contribution in [3.05, 3.63) is 29.8 Å². The Labute approximate surface area is 124 Å². The maximum Gasteiger partial charge on any atom is 0.255 e. The number of nitrogens with zero attached hydrogens (tertiary/aromatic N) is 1. The van der Waals surface area contributed by atoms with Crippen molar-refractivity contribution in [2.75, 3.05) is 11.4 Å². The fourth-order valence-corrected chi connectivity index (χ4v) is 2.82. The minimum Gasteiger partial charge on any atom is -0.311 e. The molecule has 2 N–H and O–H groups in total. The fourth-order valence-electron chi connectivity index (χ4n) is 2.82. The molecule has 21 heavy (non-hydrogen) atoms. The third-order valence-electron chi connectivity index (χ3n) is 3.81. The van der Waals surface area contributed by atoms with Crippen LogP contribution in [0.1, 0.15) is 32.3 Å². The Morgan fingerprint density at radius 1 is 1.33 bits per heavy atom. The maximum atomic E-state index is 12.8. The lowest BCUT2D eigenvalue weighted by Crippen LogP contribution is -2.45. The van der Waals surface area contributed by atoms with Crippen molar-refractivity contribution in [3.8, 4) is 0 Å². The second-order valence-corrected chi connectivity index (χ2v) is 5.88. The van der Waals surface area contributed by atoms with Gasteiger partial charge in [0.1, 0.15) is 5.92 Å². The third-order valence-corrected chi connectivity index (χ3v) is 3.81. The summed E-state index contributed by atoms with van der Waals surface area (Å²) >= 11 is 0. The Morgan fingerprint density at radius 2 is 2.05 bits per heavy atom. The monoisotopic (exact) mass is 290 g/mol. The van der Waals surface area contributed by atoms with Crippen LogP contribution in [0.15, 0.2) is 24.3 Å². The maximum absolute atomic E-state index is 12.8. The van der Waals surface area contributed by atoms with Gasteiger partial charge in [-0.05, 0) is 36.8 Å². The first-order valence-electron chi connectivity index (χ1n) is 7.37. The van der Waals surface area contributed by atoms with Crippen molar-refractivity contribution >= 4 is 17.5 Å². The van der Waals surface area contributed by atoms with Gasteiger partial charge in [-0.25, -0.2) is 5.48 Å². The van der Waals surface area contributed by atoms with Gasteiger partial charge in [0.15, 0.2) is 0 Å².